The molecule has 22 heavy (non-hydrogen) atoms. The summed E-state index contributed by atoms with van der Waals surface area (Å²) in [6, 6.07) is -0.0684. The highest BCUT2D eigenvalue weighted by atomic mass is 16.5. The van der Waals surface area contributed by atoms with Gasteiger partial charge in [-0.1, -0.05) is 0 Å². The van der Waals surface area contributed by atoms with Gasteiger partial charge in [-0.05, 0) is 40.5 Å². The van der Waals surface area contributed by atoms with E-state index in [1.54, 1.807) is 4.90 Å². The average Bonchev–Trinajstić information content (AvgIpc) is 2.44. The second-order valence-electron chi connectivity index (χ2n) is 7.38. The number of aliphatic hydroxyl groups is 1. The molecule has 2 rings (SSSR count). The number of amides is 2. The lowest BCUT2D eigenvalue weighted by Crippen LogP contribution is -2.59. The van der Waals surface area contributed by atoms with E-state index in [4.69, 9.17) is 4.74 Å². The number of likely N-dealkylation sites (tertiary alicyclic amines) is 1. The Hall–Kier alpha value is -0.850. The first-order valence-corrected chi connectivity index (χ1v) is 8.39. The van der Waals surface area contributed by atoms with E-state index in [0.717, 1.165) is 32.5 Å². The number of nitrogens with zero attached hydrogens (tertiary/aromatic N) is 2. The van der Waals surface area contributed by atoms with E-state index in [0.29, 0.717) is 13.1 Å². The van der Waals surface area contributed by atoms with Crippen LogP contribution in [-0.4, -0.2) is 77.5 Å². The predicted octanol–water partition coefficient (Wildman–Crippen LogP) is 1.04. The van der Waals surface area contributed by atoms with Gasteiger partial charge in [0.2, 0.25) is 0 Å². The van der Waals surface area contributed by atoms with E-state index < -0.39 is 0 Å². The lowest BCUT2D eigenvalue weighted by atomic mass is 10.00. The van der Waals surface area contributed by atoms with Gasteiger partial charge >= 0.3 is 6.03 Å². The third kappa shape index (κ3) is 4.57. The van der Waals surface area contributed by atoms with Gasteiger partial charge in [0.15, 0.2) is 0 Å². The summed E-state index contributed by atoms with van der Waals surface area (Å²) in [5.74, 6) is 0. The van der Waals surface area contributed by atoms with Crippen LogP contribution in [0.1, 0.15) is 40.5 Å². The van der Waals surface area contributed by atoms with Gasteiger partial charge in [0.05, 0.1) is 18.3 Å². The van der Waals surface area contributed by atoms with Crippen LogP contribution in [0.5, 0.6) is 0 Å². The topological polar surface area (TPSA) is 65.0 Å². The quantitative estimate of drug-likeness (QED) is 0.817. The number of nitrogens with one attached hydrogen (secondary N) is 1. The monoisotopic (exact) mass is 313 g/mol. The van der Waals surface area contributed by atoms with E-state index in [2.05, 4.69) is 37.9 Å². The zero-order valence-corrected chi connectivity index (χ0v) is 14.3. The van der Waals surface area contributed by atoms with Crippen molar-refractivity contribution in [2.45, 2.75) is 64.4 Å². The number of aliphatic hydroxyl groups excluding tert-OH is 1. The van der Waals surface area contributed by atoms with E-state index in [-0.39, 0.29) is 29.9 Å². The average molecular weight is 313 g/mol. The van der Waals surface area contributed by atoms with Gasteiger partial charge in [-0.3, -0.25) is 4.90 Å². The summed E-state index contributed by atoms with van der Waals surface area (Å²) in [6.45, 7) is 12.0. The van der Waals surface area contributed by atoms with Crippen LogP contribution in [0, 0.1) is 0 Å². The Bertz CT molecular complexity index is 379. The number of hydrogen-bond acceptors (Lipinski definition) is 4. The van der Waals surface area contributed by atoms with Crippen LogP contribution in [0.3, 0.4) is 0 Å². The summed E-state index contributed by atoms with van der Waals surface area (Å²) in [5, 5.41) is 12.7. The van der Waals surface area contributed by atoms with Gasteiger partial charge in [-0.2, -0.15) is 0 Å². The molecule has 0 unspecified atom stereocenters. The molecule has 6 heteroatoms. The number of carbonyl (C=O) groups is 1. The van der Waals surface area contributed by atoms with E-state index in [9.17, 15) is 9.90 Å². The van der Waals surface area contributed by atoms with E-state index in [1.165, 1.54) is 0 Å². The van der Waals surface area contributed by atoms with Crippen molar-refractivity contribution in [3.63, 3.8) is 0 Å². The maximum Gasteiger partial charge on any atom is 0.317 e. The third-order valence-corrected chi connectivity index (χ3v) is 4.63. The largest absolute Gasteiger partial charge is 0.391 e. The molecule has 2 amide bonds. The number of carbonyl (C=O) groups excluding carboxylic acids is 1. The number of β-amino-alcohol motifs (C(OH)–C–C–N with tert-alkyl or cyclic N) is 1. The second kappa shape index (κ2) is 7.15. The van der Waals surface area contributed by atoms with Gasteiger partial charge in [-0.15, -0.1) is 0 Å². The van der Waals surface area contributed by atoms with E-state index >= 15 is 0 Å². The van der Waals surface area contributed by atoms with Crippen LogP contribution >= 0.6 is 0 Å². The molecule has 0 saturated carbocycles. The normalized spacial score (nSPS) is 31.1. The standard InChI is InChI=1S/C16H31N3O3/c1-12-8-19(9-13(2)22-12)16(3,4)11-17-15(21)18-7-5-6-14(20)10-18/h12-14,20H,5-11H2,1-4H3,(H,17,21)/t12-,13-,14+/m1/s1. The number of ether oxygens (including phenoxy) is 1. The minimum absolute atomic E-state index is 0.0684. The first-order valence-electron chi connectivity index (χ1n) is 8.39. The highest BCUT2D eigenvalue weighted by Crippen LogP contribution is 2.21. The Labute approximate surface area is 133 Å². The number of urea groups is 1. The molecule has 2 aliphatic rings. The van der Waals surface area contributed by atoms with Gasteiger partial charge in [0.25, 0.3) is 0 Å². The van der Waals surface area contributed by atoms with Crippen LogP contribution in [0.15, 0.2) is 0 Å². The zero-order chi connectivity index (χ0) is 16.3. The fourth-order valence-corrected chi connectivity index (χ4v) is 3.33. The molecule has 0 aromatic carbocycles. The van der Waals surface area contributed by atoms with Crippen LogP contribution in [-0.2, 0) is 4.74 Å². The third-order valence-electron chi connectivity index (χ3n) is 4.63. The molecule has 0 bridgehead atoms. The van der Waals surface area contributed by atoms with Crippen LogP contribution in [0.4, 0.5) is 4.79 Å². The molecule has 128 valence electrons. The Morgan fingerprint density at radius 1 is 1.27 bits per heavy atom. The molecule has 2 N–H and O–H groups in total. The lowest BCUT2D eigenvalue weighted by Gasteiger charge is -2.45. The molecular formula is C16H31N3O3. The van der Waals surface area contributed by atoms with Gasteiger partial charge < -0.3 is 20.1 Å². The Kier molecular flexibility index (Phi) is 5.69. The van der Waals surface area contributed by atoms with Crippen molar-refractivity contribution in [3.8, 4) is 0 Å². The number of morpholine rings is 1. The summed E-state index contributed by atoms with van der Waals surface area (Å²) in [4.78, 5) is 16.4. The van der Waals surface area contributed by atoms with Crippen LogP contribution < -0.4 is 5.32 Å². The molecule has 2 heterocycles. The maximum absolute atomic E-state index is 12.3. The molecule has 2 saturated heterocycles. The van der Waals surface area contributed by atoms with Gasteiger partial charge in [0, 0.05) is 38.3 Å². The first kappa shape index (κ1) is 17.5. The minimum atomic E-state index is -0.381. The van der Waals surface area contributed by atoms with Crippen molar-refractivity contribution >= 4 is 6.03 Å². The molecule has 0 aliphatic carbocycles. The number of hydrogen-bond donors (Lipinski definition) is 2. The molecule has 0 radical (unpaired) electrons. The summed E-state index contributed by atoms with van der Waals surface area (Å²) in [7, 11) is 0. The van der Waals surface area contributed by atoms with Crippen molar-refractivity contribution in [1.29, 1.82) is 0 Å². The number of piperidine rings is 1. The number of rotatable bonds is 3. The molecule has 3 atom stereocenters. The van der Waals surface area contributed by atoms with Gasteiger partial charge in [-0.25, -0.2) is 4.79 Å². The fourth-order valence-electron chi connectivity index (χ4n) is 3.33. The Morgan fingerprint density at radius 2 is 1.91 bits per heavy atom. The molecule has 2 aliphatic heterocycles. The molecule has 0 aromatic rings. The predicted molar refractivity (Wildman–Crippen MR) is 85.9 cm³/mol. The Balaban J connectivity index is 1.84. The fraction of sp³-hybridized carbons (Fsp3) is 0.938. The van der Waals surface area contributed by atoms with Crippen molar-refractivity contribution in [1.82, 2.24) is 15.1 Å². The minimum Gasteiger partial charge on any atom is -0.391 e. The van der Waals surface area contributed by atoms with E-state index in [1.807, 2.05) is 0 Å². The zero-order valence-electron chi connectivity index (χ0n) is 14.3. The lowest BCUT2D eigenvalue weighted by molar-refractivity contribution is -0.0949. The highest BCUT2D eigenvalue weighted by molar-refractivity contribution is 5.74. The smallest absolute Gasteiger partial charge is 0.317 e. The summed E-state index contributed by atoms with van der Waals surface area (Å²) in [6.07, 6.45) is 1.72. The van der Waals surface area contributed by atoms with Gasteiger partial charge in [0.1, 0.15) is 0 Å². The van der Waals surface area contributed by atoms with Crippen molar-refractivity contribution in [3.05, 3.63) is 0 Å². The Morgan fingerprint density at radius 3 is 2.50 bits per heavy atom. The van der Waals surface area contributed by atoms with Crippen molar-refractivity contribution < 1.29 is 14.6 Å². The maximum atomic E-state index is 12.3. The molecule has 0 aromatic heterocycles. The molecule has 2 fully saturated rings. The molecule has 6 nitrogen and oxygen atoms in total. The highest BCUT2D eigenvalue weighted by Gasteiger charge is 2.34. The van der Waals surface area contributed by atoms with Crippen LogP contribution in [0.25, 0.3) is 0 Å². The van der Waals surface area contributed by atoms with Crippen molar-refractivity contribution in [2.24, 2.45) is 0 Å². The second-order valence-corrected chi connectivity index (χ2v) is 7.38. The summed E-state index contributed by atoms with van der Waals surface area (Å²) >= 11 is 0. The molecule has 0 spiro atoms. The summed E-state index contributed by atoms with van der Waals surface area (Å²) < 4.78 is 5.78. The SMILES string of the molecule is C[C@@H]1CN(C(C)(C)CNC(=O)N2CCC[C@H](O)C2)C[C@@H](C)O1. The molecular weight excluding hydrogens is 282 g/mol. The van der Waals surface area contributed by atoms with Crippen LogP contribution in [0.2, 0.25) is 0 Å². The first-order chi connectivity index (χ1) is 10.3. The van der Waals surface area contributed by atoms with Crippen molar-refractivity contribution in [2.75, 3.05) is 32.7 Å². The summed E-state index contributed by atoms with van der Waals surface area (Å²) in [5.41, 5.74) is -0.115.